The van der Waals surface area contributed by atoms with Gasteiger partial charge in [-0.2, -0.15) is 5.10 Å². The van der Waals surface area contributed by atoms with Gasteiger partial charge in [-0.1, -0.05) is 12.1 Å². The summed E-state index contributed by atoms with van der Waals surface area (Å²) < 4.78 is 18.7. The molecule has 1 N–H and O–H groups in total. The fourth-order valence-electron chi connectivity index (χ4n) is 1.59. The standard InChI is InChI=1S/C15H12FIN2O2/c1-21-14-7-4-11(8-13(14)17)15(20)19-18-9-10-2-5-12(16)6-3-10/h2-9H,1H3,(H,19,20)/b18-9+. The largest absolute Gasteiger partial charge is 0.496 e. The van der Waals surface area contributed by atoms with Gasteiger partial charge < -0.3 is 4.74 Å². The molecule has 0 aliphatic carbocycles. The second kappa shape index (κ2) is 7.16. The second-order valence-electron chi connectivity index (χ2n) is 4.10. The van der Waals surface area contributed by atoms with E-state index in [1.54, 1.807) is 37.4 Å². The molecule has 0 atom stereocenters. The van der Waals surface area contributed by atoms with Crippen molar-refractivity contribution in [2.24, 2.45) is 5.10 Å². The molecular formula is C15H12FIN2O2. The normalized spacial score (nSPS) is 10.6. The van der Waals surface area contributed by atoms with Gasteiger partial charge in [-0.05, 0) is 58.5 Å². The molecule has 0 radical (unpaired) electrons. The number of amides is 1. The number of halogens is 2. The Balaban J connectivity index is 2.01. The van der Waals surface area contributed by atoms with E-state index in [4.69, 9.17) is 4.74 Å². The Morgan fingerprint density at radius 1 is 1.29 bits per heavy atom. The van der Waals surface area contributed by atoms with Crippen molar-refractivity contribution in [3.63, 3.8) is 0 Å². The highest BCUT2D eigenvalue weighted by Gasteiger charge is 2.07. The Kier molecular flexibility index (Phi) is 5.26. The topological polar surface area (TPSA) is 50.7 Å². The van der Waals surface area contributed by atoms with Crippen LogP contribution in [0.2, 0.25) is 0 Å². The third-order valence-electron chi connectivity index (χ3n) is 2.66. The SMILES string of the molecule is COc1ccc(C(=O)N/N=C/c2ccc(F)cc2)cc1I. The van der Waals surface area contributed by atoms with Crippen LogP contribution in [0.15, 0.2) is 47.6 Å². The Hall–Kier alpha value is -1.96. The Labute approximate surface area is 135 Å². The van der Waals surface area contributed by atoms with Crippen LogP contribution in [0.1, 0.15) is 15.9 Å². The third kappa shape index (κ3) is 4.25. The fraction of sp³-hybridized carbons (Fsp3) is 0.0667. The van der Waals surface area contributed by atoms with E-state index in [0.29, 0.717) is 16.9 Å². The first kappa shape index (κ1) is 15.4. The summed E-state index contributed by atoms with van der Waals surface area (Å²) in [5.41, 5.74) is 3.60. The van der Waals surface area contributed by atoms with Crippen molar-refractivity contribution in [1.29, 1.82) is 0 Å². The molecule has 6 heteroatoms. The number of ether oxygens (including phenoxy) is 1. The van der Waals surface area contributed by atoms with E-state index in [0.717, 1.165) is 3.57 Å². The molecule has 0 bridgehead atoms. The molecule has 0 spiro atoms. The molecule has 0 fully saturated rings. The summed E-state index contributed by atoms with van der Waals surface area (Å²) in [6.07, 6.45) is 1.45. The summed E-state index contributed by atoms with van der Waals surface area (Å²) in [4.78, 5) is 11.9. The van der Waals surface area contributed by atoms with E-state index >= 15 is 0 Å². The number of carbonyl (C=O) groups is 1. The van der Waals surface area contributed by atoms with Crippen LogP contribution in [0.4, 0.5) is 4.39 Å². The summed E-state index contributed by atoms with van der Waals surface area (Å²) in [6.45, 7) is 0. The predicted octanol–water partition coefficient (Wildman–Crippen LogP) is 3.20. The lowest BCUT2D eigenvalue weighted by molar-refractivity contribution is 0.0955. The van der Waals surface area contributed by atoms with Crippen molar-refractivity contribution >= 4 is 34.7 Å². The van der Waals surface area contributed by atoms with Crippen LogP contribution >= 0.6 is 22.6 Å². The second-order valence-corrected chi connectivity index (χ2v) is 5.26. The lowest BCUT2D eigenvalue weighted by atomic mass is 10.2. The first-order chi connectivity index (χ1) is 10.1. The molecule has 21 heavy (non-hydrogen) atoms. The van der Waals surface area contributed by atoms with Crippen LogP contribution in [0, 0.1) is 9.39 Å². The molecule has 4 nitrogen and oxygen atoms in total. The van der Waals surface area contributed by atoms with Gasteiger partial charge in [-0.25, -0.2) is 9.82 Å². The Morgan fingerprint density at radius 2 is 2.00 bits per heavy atom. The number of carbonyl (C=O) groups excluding carboxylic acids is 1. The molecule has 108 valence electrons. The van der Waals surface area contributed by atoms with Gasteiger partial charge in [0.2, 0.25) is 0 Å². The number of nitrogens with one attached hydrogen (secondary N) is 1. The van der Waals surface area contributed by atoms with Crippen LogP contribution < -0.4 is 10.2 Å². The van der Waals surface area contributed by atoms with Gasteiger partial charge in [0.05, 0.1) is 16.9 Å². The molecule has 0 aromatic heterocycles. The number of nitrogens with zero attached hydrogens (tertiary/aromatic N) is 1. The zero-order valence-corrected chi connectivity index (χ0v) is 13.3. The maximum atomic E-state index is 12.7. The minimum Gasteiger partial charge on any atom is -0.496 e. The monoisotopic (exact) mass is 398 g/mol. The lowest BCUT2D eigenvalue weighted by Gasteiger charge is -2.05. The highest BCUT2D eigenvalue weighted by Crippen LogP contribution is 2.21. The third-order valence-corrected chi connectivity index (χ3v) is 3.51. The summed E-state index contributed by atoms with van der Waals surface area (Å²) in [5.74, 6) is 0.0693. The lowest BCUT2D eigenvalue weighted by Crippen LogP contribution is -2.17. The van der Waals surface area contributed by atoms with Gasteiger partial charge >= 0.3 is 0 Å². The zero-order valence-electron chi connectivity index (χ0n) is 11.1. The predicted molar refractivity (Wildman–Crippen MR) is 87.2 cm³/mol. The summed E-state index contributed by atoms with van der Waals surface area (Å²) in [7, 11) is 1.57. The molecule has 2 aromatic rings. The van der Waals surface area contributed by atoms with Gasteiger partial charge in [0.1, 0.15) is 11.6 Å². The van der Waals surface area contributed by atoms with Crippen LogP contribution in [-0.4, -0.2) is 19.2 Å². The van der Waals surface area contributed by atoms with Crippen LogP contribution in [-0.2, 0) is 0 Å². The molecule has 2 rings (SSSR count). The minimum atomic E-state index is -0.325. The number of hydrogen-bond acceptors (Lipinski definition) is 3. The van der Waals surface area contributed by atoms with Crippen LogP contribution in [0.3, 0.4) is 0 Å². The van der Waals surface area contributed by atoms with Crippen LogP contribution in [0.5, 0.6) is 5.75 Å². The number of hydrogen-bond donors (Lipinski definition) is 1. The zero-order chi connectivity index (χ0) is 15.2. The Bertz CT molecular complexity index is 672. The molecule has 0 saturated heterocycles. The highest BCUT2D eigenvalue weighted by atomic mass is 127. The maximum Gasteiger partial charge on any atom is 0.271 e. The molecule has 0 unspecified atom stereocenters. The van der Waals surface area contributed by atoms with E-state index < -0.39 is 0 Å². The van der Waals surface area contributed by atoms with Crippen molar-refractivity contribution in [3.8, 4) is 5.75 Å². The summed E-state index contributed by atoms with van der Waals surface area (Å²) >= 11 is 2.09. The molecule has 0 saturated carbocycles. The summed E-state index contributed by atoms with van der Waals surface area (Å²) in [6, 6.07) is 10.9. The molecule has 1 amide bonds. The van der Waals surface area contributed by atoms with E-state index in [9.17, 15) is 9.18 Å². The first-order valence-corrected chi connectivity index (χ1v) is 7.10. The minimum absolute atomic E-state index is 0.316. The maximum absolute atomic E-state index is 12.7. The van der Waals surface area contributed by atoms with Crippen molar-refractivity contribution < 1.29 is 13.9 Å². The highest BCUT2D eigenvalue weighted by molar-refractivity contribution is 14.1. The van der Waals surface area contributed by atoms with E-state index in [1.807, 2.05) is 0 Å². The van der Waals surface area contributed by atoms with Crippen LogP contribution in [0.25, 0.3) is 0 Å². The molecule has 0 aliphatic rings. The molecule has 2 aromatic carbocycles. The number of methoxy groups -OCH3 is 1. The fourth-order valence-corrected chi connectivity index (χ4v) is 2.32. The van der Waals surface area contributed by atoms with Crippen molar-refractivity contribution in [2.75, 3.05) is 7.11 Å². The van der Waals surface area contributed by atoms with E-state index in [1.165, 1.54) is 18.3 Å². The van der Waals surface area contributed by atoms with Crippen molar-refractivity contribution in [2.45, 2.75) is 0 Å². The molecular weight excluding hydrogens is 386 g/mol. The van der Waals surface area contributed by atoms with Crippen molar-refractivity contribution in [1.82, 2.24) is 5.43 Å². The average Bonchev–Trinajstić information content (AvgIpc) is 2.49. The number of hydrazone groups is 1. The number of benzene rings is 2. The van der Waals surface area contributed by atoms with Gasteiger partial charge in [0, 0.05) is 5.56 Å². The first-order valence-electron chi connectivity index (χ1n) is 6.02. The van der Waals surface area contributed by atoms with Gasteiger partial charge in [-0.15, -0.1) is 0 Å². The summed E-state index contributed by atoms with van der Waals surface area (Å²) in [5, 5.41) is 3.84. The van der Waals surface area contributed by atoms with Gasteiger partial charge in [0.25, 0.3) is 5.91 Å². The van der Waals surface area contributed by atoms with E-state index in [2.05, 4.69) is 33.1 Å². The molecule has 0 heterocycles. The van der Waals surface area contributed by atoms with Crippen molar-refractivity contribution in [3.05, 3.63) is 63.0 Å². The Morgan fingerprint density at radius 3 is 2.62 bits per heavy atom. The molecule has 0 aliphatic heterocycles. The average molecular weight is 398 g/mol. The van der Waals surface area contributed by atoms with Gasteiger partial charge in [0.15, 0.2) is 0 Å². The van der Waals surface area contributed by atoms with Gasteiger partial charge in [-0.3, -0.25) is 4.79 Å². The smallest absolute Gasteiger partial charge is 0.271 e. The quantitative estimate of drug-likeness (QED) is 0.489. The number of rotatable bonds is 4. The van der Waals surface area contributed by atoms with E-state index in [-0.39, 0.29) is 11.7 Å².